The fourth-order valence-corrected chi connectivity index (χ4v) is 4.36. The Kier molecular flexibility index (Phi) is 6.18. The van der Waals surface area contributed by atoms with Crippen LogP contribution in [0.15, 0.2) is 47.6 Å². The van der Waals surface area contributed by atoms with Gasteiger partial charge in [-0.1, -0.05) is 0 Å². The van der Waals surface area contributed by atoms with E-state index in [-0.39, 0.29) is 18.0 Å². The van der Waals surface area contributed by atoms with Gasteiger partial charge in [0.15, 0.2) is 0 Å². The molecule has 0 saturated heterocycles. The number of methoxy groups -OCH3 is 1. The van der Waals surface area contributed by atoms with Gasteiger partial charge in [-0.05, 0) is 55.7 Å². The Morgan fingerprint density at radius 3 is 2.50 bits per heavy atom. The summed E-state index contributed by atoms with van der Waals surface area (Å²) in [5.41, 5.74) is -0.619. The van der Waals surface area contributed by atoms with Crippen LogP contribution in [0.1, 0.15) is 42.1 Å². The summed E-state index contributed by atoms with van der Waals surface area (Å²) in [6.45, 7) is 1.63. The molecule has 1 heterocycles. The number of nitrogens with one attached hydrogen (secondary N) is 2. The van der Waals surface area contributed by atoms with E-state index in [1.165, 1.54) is 25.6 Å². The van der Waals surface area contributed by atoms with Crippen molar-refractivity contribution in [2.24, 2.45) is 0 Å². The average molecular weight is 435 g/mol. The zero-order valence-electron chi connectivity index (χ0n) is 16.5. The summed E-state index contributed by atoms with van der Waals surface area (Å²) in [6.07, 6.45) is 4.25. The van der Waals surface area contributed by atoms with Gasteiger partial charge < -0.3 is 10.1 Å². The average Bonchev–Trinajstić information content (AvgIpc) is 3.51. The van der Waals surface area contributed by atoms with Gasteiger partial charge in [0.25, 0.3) is 5.91 Å². The lowest BCUT2D eigenvalue weighted by atomic mass is 9.89. The summed E-state index contributed by atoms with van der Waals surface area (Å²) in [5.74, 6) is -2.17. The second-order valence-electron chi connectivity index (χ2n) is 7.32. The standard InChI is InChI=1S/C20H22FN3O5S/c1-20(12-18(25)29-2,14-7-9-22-10-8-14)23-19(26)13-3-6-16(21)17(11-13)30(27,28)24-15-4-5-15/h3,6-11,15,24H,4-5,12H2,1-2H3,(H,23,26). The number of carbonyl (C=O) groups excluding carboxylic acids is 2. The molecular formula is C20H22FN3O5S. The summed E-state index contributed by atoms with van der Waals surface area (Å²) in [5, 5.41) is 2.74. The molecule has 160 valence electrons. The number of sulfonamides is 1. The lowest BCUT2D eigenvalue weighted by Gasteiger charge is -2.30. The first-order valence-corrected chi connectivity index (χ1v) is 10.7. The van der Waals surface area contributed by atoms with E-state index < -0.39 is 38.2 Å². The molecule has 1 unspecified atom stereocenters. The van der Waals surface area contributed by atoms with E-state index in [1.807, 2.05) is 0 Å². The minimum Gasteiger partial charge on any atom is -0.469 e. The van der Waals surface area contributed by atoms with Gasteiger partial charge >= 0.3 is 5.97 Å². The van der Waals surface area contributed by atoms with E-state index in [1.54, 1.807) is 19.1 Å². The third-order valence-corrected chi connectivity index (χ3v) is 6.35. The van der Waals surface area contributed by atoms with Gasteiger partial charge in [0, 0.05) is 24.0 Å². The number of hydrogen-bond acceptors (Lipinski definition) is 6. The minimum absolute atomic E-state index is 0.0577. The fraction of sp³-hybridized carbons (Fsp3) is 0.350. The van der Waals surface area contributed by atoms with E-state index in [2.05, 4.69) is 15.0 Å². The van der Waals surface area contributed by atoms with Crippen molar-refractivity contribution in [1.29, 1.82) is 0 Å². The Morgan fingerprint density at radius 2 is 1.90 bits per heavy atom. The number of benzene rings is 1. The SMILES string of the molecule is COC(=O)CC(C)(NC(=O)c1ccc(F)c(S(=O)(=O)NC2CC2)c1)c1ccncc1. The molecule has 0 radical (unpaired) electrons. The van der Waals surface area contributed by atoms with Crippen LogP contribution < -0.4 is 10.0 Å². The molecule has 1 amide bonds. The molecule has 1 atom stereocenters. The van der Waals surface area contributed by atoms with E-state index >= 15 is 0 Å². The van der Waals surface area contributed by atoms with Crippen LogP contribution in [0, 0.1) is 5.82 Å². The molecule has 2 aromatic rings. The van der Waals surface area contributed by atoms with Crippen LogP contribution in [0.5, 0.6) is 0 Å². The van der Waals surface area contributed by atoms with E-state index in [0.717, 1.165) is 12.1 Å². The molecule has 0 spiro atoms. The minimum atomic E-state index is -4.09. The zero-order chi connectivity index (χ0) is 21.9. The molecule has 1 aliphatic rings. The number of pyridine rings is 1. The number of nitrogens with zero attached hydrogens (tertiary/aromatic N) is 1. The number of esters is 1. The van der Waals surface area contributed by atoms with E-state index in [0.29, 0.717) is 18.4 Å². The quantitative estimate of drug-likeness (QED) is 0.612. The van der Waals surface area contributed by atoms with Crippen LogP contribution in [0.4, 0.5) is 4.39 Å². The number of ether oxygens (including phenoxy) is 1. The van der Waals surface area contributed by atoms with Gasteiger partial charge in [-0.15, -0.1) is 0 Å². The molecule has 8 nitrogen and oxygen atoms in total. The van der Waals surface area contributed by atoms with Crippen LogP contribution in [0.2, 0.25) is 0 Å². The topological polar surface area (TPSA) is 114 Å². The molecule has 1 fully saturated rings. The van der Waals surface area contributed by atoms with Gasteiger partial charge in [-0.2, -0.15) is 0 Å². The Morgan fingerprint density at radius 1 is 1.23 bits per heavy atom. The summed E-state index contributed by atoms with van der Waals surface area (Å²) in [4.78, 5) is 28.2. The van der Waals surface area contributed by atoms with Crippen molar-refractivity contribution in [2.75, 3.05) is 7.11 Å². The third kappa shape index (κ3) is 5.00. The van der Waals surface area contributed by atoms with Crippen molar-refractivity contribution in [3.05, 3.63) is 59.7 Å². The number of carbonyl (C=O) groups is 2. The molecule has 10 heteroatoms. The highest BCUT2D eigenvalue weighted by Gasteiger charge is 2.34. The number of rotatable bonds is 8. The van der Waals surface area contributed by atoms with Crippen molar-refractivity contribution in [3.63, 3.8) is 0 Å². The number of hydrogen-bond donors (Lipinski definition) is 2. The van der Waals surface area contributed by atoms with Gasteiger partial charge in [0.2, 0.25) is 10.0 Å². The van der Waals surface area contributed by atoms with Crippen LogP contribution >= 0.6 is 0 Å². The van der Waals surface area contributed by atoms with Crippen LogP contribution in [-0.4, -0.2) is 38.4 Å². The predicted octanol–water partition coefficient (Wildman–Crippen LogP) is 1.87. The first-order valence-electron chi connectivity index (χ1n) is 9.26. The predicted molar refractivity (Wildman–Crippen MR) is 105 cm³/mol. The maximum atomic E-state index is 14.2. The Bertz CT molecular complexity index is 1060. The first-order chi connectivity index (χ1) is 14.1. The summed E-state index contributed by atoms with van der Waals surface area (Å²) < 4.78 is 46.2. The third-order valence-electron chi connectivity index (χ3n) is 4.81. The second kappa shape index (κ2) is 8.49. The molecule has 2 N–H and O–H groups in total. The maximum absolute atomic E-state index is 14.2. The van der Waals surface area contributed by atoms with Crippen LogP contribution in [0.3, 0.4) is 0 Å². The number of aromatic nitrogens is 1. The van der Waals surface area contributed by atoms with E-state index in [9.17, 15) is 22.4 Å². The fourth-order valence-electron chi connectivity index (χ4n) is 2.96. The molecular weight excluding hydrogens is 413 g/mol. The molecule has 30 heavy (non-hydrogen) atoms. The smallest absolute Gasteiger partial charge is 0.308 e. The monoisotopic (exact) mass is 435 g/mol. The van der Waals surface area contributed by atoms with Crippen molar-refractivity contribution in [1.82, 2.24) is 15.0 Å². The molecule has 0 aliphatic heterocycles. The lowest BCUT2D eigenvalue weighted by molar-refractivity contribution is -0.142. The summed E-state index contributed by atoms with van der Waals surface area (Å²) >= 11 is 0. The molecule has 1 aromatic heterocycles. The molecule has 1 aliphatic carbocycles. The highest BCUT2D eigenvalue weighted by atomic mass is 32.2. The highest BCUT2D eigenvalue weighted by Crippen LogP contribution is 2.27. The lowest BCUT2D eigenvalue weighted by Crippen LogP contribution is -2.45. The van der Waals surface area contributed by atoms with Crippen molar-refractivity contribution in [2.45, 2.75) is 42.7 Å². The van der Waals surface area contributed by atoms with Crippen molar-refractivity contribution >= 4 is 21.9 Å². The normalized spacial score (nSPS) is 15.8. The van der Waals surface area contributed by atoms with Gasteiger partial charge in [-0.3, -0.25) is 14.6 Å². The number of amides is 1. The van der Waals surface area contributed by atoms with E-state index in [4.69, 9.17) is 4.74 Å². The summed E-state index contributed by atoms with van der Waals surface area (Å²) in [7, 11) is -2.85. The van der Waals surface area contributed by atoms with Crippen LogP contribution in [-0.2, 0) is 25.1 Å². The van der Waals surface area contributed by atoms with Gasteiger partial charge in [0.05, 0.1) is 19.1 Å². The Balaban J connectivity index is 1.91. The highest BCUT2D eigenvalue weighted by molar-refractivity contribution is 7.89. The maximum Gasteiger partial charge on any atom is 0.308 e. The molecule has 0 bridgehead atoms. The van der Waals surface area contributed by atoms with Gasteiger partial charge in [0.1, 0.15) is 10.7 Å². The molecule has 3 rings (SSSR count). The number of halogens is 1. The Labute approximate surface area is 173 Å². The summed E-state index contributed by atoms with van der Waals surface area (Å²) in [6, 6.07) is 6.18. The zero-order valence-corrected chi connectivity index (χ0v) is 17.3. The van der Waals surface area contributed by atoms with Crippen LogP contribution in [0.25, 0.3) is 0 Å². The van der Waals surface area contributed by atoms with Crippen molar-refractivity contribution in [3.8, 4) is 0 Å². The first kappa shape index (κ1) is 21.8. The largest absolute Gasteiger partial charge is 0.469 e. The van der Waals surface area contributed by atoms with Gasteiger partial charge in [-0.25, -0.2) is 17.5 Å². The molecule has 1 saturated carbocycles. The second-order valence-corrected chi connectivity index (χ2v) is 9.00. The molecule has 1 aromatic carbocycles. The van der Waals surface area contributed by atoms with Crippen molar-refractivity contribution < 1.29 is 27.1 Å². The Hall–Kier alpha value is -2.85.